The van der Waals surface area contributed by atoms with Gasteiger partial charge in [0.1, 0.15) is 5.01 Å². The molecule has 1 N–H and O–H groups in total. The number of ether oxygens (including phenoxy) is 1. The van der Waals surface area contributed by atoms with E-state index in [-0.39, 0.29) is 25.6 Å². The van der Waals surface area contributed by atoms with Gasteiger partial charge in [-0.1, -0.05) is 76.9 Å². The summed E-state index contributed by atoms with van der Waals surface area (Å²) in [6.45, 7) is 14.0. The van der Waals surface area contributed by atoms with Gasteiger partial charge in [0, 0.05) is 29.2 Å². The monoisotopic (exact) mass is 607 g/mol. The molecule has 0 unspecified atom stereocenters. The molecule has 0 atom stereocenters. The Balaban J connectivity index is 1.66. The Labute approximate surface area is 261 Å². The SMILES string of the molecule is CCCC(CCC)c1ccc(N(Cc2ccc(-c3csc(CN(CC(=O)O)CC(=O)OCC(C)C)n3)cc2)C(C)C)cc1. The molecule has 3 aromatic rings. The van der Waals surface area contributed by atoms with Crippen molar-refractivity contribution in [2.24, 2.45) is 5.92 Å². The highest BCUT2D eigenvalue weighted by Crippen LogP contribution is 2.30. The first-order valence-corrected chi connectivity index (χ1v) is 16.5. The summed E-state index contributed by atoms with van der Waals surface area (Å²) in [7, 11) is 0. The number of rotatable bonds is 18. The van der Waals surface area contributed by atoms with Gasteiger partial charge in [-0.15, -0.1) is 11.3 Å². The van der Waals surface area contributed by atoms with Crippen LogP contribution in [0.3, 0.4) is 0 Å². The van der Waals surface area contributed by atoms with Gasteiger partial charge in [-0.05, 0) is 61.8 Å². The normalized spacial score (nSPS) is 11.6. The van der Waals surface area contributed by atoms with Gasteiger partial charge in [0.25, 0.3) is 0 Å². The molecule has 234 valence electrons. The third-order valence-corrected chi connectivity index (χ3v) is 8.23. The Morgan fingerprint density at radius 2 is 1.56 bits per heavy atom. The zero-order chi connectivity index (χ0) is 31.4. The molecule has 0 aliphatic rings. The number of aliphatic carboxylic acids is 1. The number of hydrogen-bond acceptors (Lipinski definition) is 7. The molecule has 0 aliphatic heterocycles. The zero-order valence-corrected chi connectivity index (χ0v) is 27.5. The van der Waals surface area contributed by atoms with Crippen LogP contribution in [0.5, 0.6) is 0 Å². The fourth-order valence-electron chi connectivity index (χ4n) is 5.22. The van der Waals surface area contributed by atoms with Crippen LogP contribution in [-0.4, -0.2) is 52.7 Å². The van der Waals surface area contributed by atoms with Crippen molar-refractivity contribution in [1.29, 1.82) is 0 Å². The quantitative estimate of drug-likeness (QED) is 0.147. The second-order valence-corrected chi connectivity index (χ2v) is 13.0. The highest BCUT2D eigenvalue weighted by atomic mass is 32.1. The zero-order valence-electron chi connectivity index (χ0n) is 26.7. The number of carboxylic acids is 1. The van der Waals surface area contributed by atoms with Crippen LogP contribution in [0.25, 0.3) is 11.3 Å². The number of hydrogen-bond donors (Lipinski definition) is 1. The van der Waals surface area contributed by atoms with E-state index in [0.29, 0.717) is 18.6 Å². The second-order valence-electron chi connectivity index (χ2n) is 12.0. The van der Waals surface area contributed by atoms with Crippen LogP contribution in [0.15, 0.2) is 53.9 Å². The second kappa shape index (κ2) is 17.2. The molecule has 0 spiro atoms. The Hall–Kier alpha value is -3.23. The summed E-state index contributed by atoms with van der Waals surface area (Å²) in [5.74, 6) is -0.557. The van der Waals surface area contributed by atoms with Crippen LogP contribution >= 0.6 is 11.3 Å². The molecule has 0 amide bonds. The van der Waals surface area contributed by atoms with E-state index in [1.807, 2.05) is 19.2 Å². The fourth-order valence-corrected chi connectivity index (χ4v) is 6.06. The van der Waals surface area contributed by atoms with E-state index < -0.39 is 11.9 Å². The molecule has 43 heavy (non-hydrogen) atoms. The lowest BCUT2D eigenvalue weighted by Gasteiger charge is -2.30. The number of carbonyl (C=O) groups is 2. The predicted molar refractivity (Wildman–Crippen MR) is 177 cm³/mol. The number of benzene rings is 2. The van der Waals surface area contributed by atoms with Crippen molar-refractivity contribution in [2.75, 3.05) is 24.6 Å². The number of aromatic nitrogens is 1. The average molecular weight is 608 g/mol. The van der Waals surface area contributed by atoms with Gasteiger partial charge in [0.05, 0.1) is 31.9 Å². The lowest BCUT2D eigenvalue weighted by Crippen LogP contribution is -2.35. The van der Waals surface area contributed by atoms with Crippen molar-refractivity contribution >= 4 is 29.0 Å². The predicted octanol–water partition coefficient (Wildman–Crippen LogP) is 7.99. The number of esters is 1. The van der Waals surface area contributed by atoms with Gasteiger partial charge < -0.3 is 14.7 Å². The average Bonchev–Trinajstić information content (AvgIpc) is 3.43. The molecule has 3 rings (SSSR count). The van der Waals surface area contributed by atoms with Crippen molar-refractivity contribution in [3.63, 3.8) is 0 Å². The van der Waals surface area contributed by atoms with Gasteiger partial charge in [0.2, 0.25) is 0 Å². The summed E-state index contributed by atoms with van der Waals surface area (Å²) < 4.78 is 5.25. The number of carboxylic acid groups (broad SMARTS) is 1. The summed E-state index contributed by atoms with van der Waals surface area (Å²) in [4.78, 5) is 32.3. The highest BCUT2D eigenvalue weighted by Gasteiger charge is 2.18. The summed E-state index contributed by atoms with van der Waals surface area (Å²) >= 11 is 1.46. The van der Waals surface area contributed by atoms with Gasteiger partial charge in [-0.25, -0.2) is 4.98 Å². The molecular weight excluding hydrogens is 558 g/mol. The topological polar surface area (TPSA) is 83.0 Å². The molecule has 0 bridgehead atoms. The number of nitrogens with zero attached hydrogens (tertiary/aromatic N) is 3. The third-order valence-electron chi connectivity index (χ3n) is 7.40. The van der Waals surface area contributed by atoms with E-state index in [1.165, 1.54) is 53.8 Å². The van der Waals surface area contributed by atoms with E-state index in [2.05, 4.69) is 81.1 Å². The van der Waals surface area contributed by atoms with E-state index in [0.717, 1.165) is 22.8 Å². The Morgan fingerprint density at radius 1 is 0.907 bits per heavy atom. The first-order chi connectivity index (χ1) is 20.6. The molecule has 0 radical (unpaired) electrons. The summed E-state index contributed by atoms with van der Waals surface area (Å²) in [6.07, 6.45) is 4.89. The van der Waals surface area contributed by atoms with Crippen molar-refractivity contribution in [3.8, 4) is 11.3 Å². The Morgan fingerprint density at radius 3 is 2.12 bits per heavy atom. The maximum Gasteiger partial charge on any atom is 0.320 e. The van der Waals surface area contributed by atoms with Crippen LogP contribution in [0, 0.1) is 5.92 Å². The third kappa shape index (κ3) is 11.1. The fraction of sp³-hybridized carbons (Fsp3) is 0.514. The van der Waals surface area contributed by atoms with Crippen molar-refractivity contribution in [1.82, 2.24) is 9.88 Å². The molecular formula is C35H49N3O4S. The van der Waals surface area contributed by atoms with Crippen LogP contribution in [0.4, 0.5) is 5.69 Å². The molecule has 0 fully saturated rings. The number of thiazole rings is 1. The first kappa shape index (κ1) is 34.3. The van der Waals surface area contributed by atoms with E-state index in [1.54, 1.807) is 4.90 Å². The molecule has 2 aromatic carbocycles. The Kier molecular flexibility index (Phi) is 13.7. The molecule has 0 saturated heterocycles. The van der Waals surface area contributed by atoms with Gasteiger partial charge in [0.15, 0.2) is 0 Å². The van der Waals surface area contributed by atoms with E-state index in [4.69, 9.17) is 9.72 Å². The maximum atomic E-state index is 12.2. The lowest BCUT2D eigenvalue weighted by molar-refractivity contribution is -0.147. The molecule has 1 heterocycles. The standard InChI is InChI=1S/C35H49N3O4S/c1-7-9-28(10-8-2)29-15-17-31(18-16-29)38(26(5)6)19-27-11-13-30(14-12-27)32-24-43-33(36-32)20-37(21-34(39)40)22-35(41)42-23-25(3)4/h11-18,24-26,28H,7-10,19-23H2,1-6H3,(H,39,40). The maximum absolute atomic E-state index is 12.2. The first-order valence-electron chi connectivity index (χ1n) is 15.6. The van der Waals surface area contributed by atoms with Crippen molar-refractivity contribution < 1.29 is 19.4 Å². The summed E-state index contributed by atoms with van der Waals surface area (Å²) in [6, 6.07) is 18.0. The molecule has 7 nitrogen and oxygen atoms in total. The molecule has 0 aliphatic carbocycles. The Bertz CT molecular complexity index is 1260. The van der Waals surface area contributed by atoms with Crippen molar-refractivity contribution in [2.45, 2.75) is 92.3 Å². The smallest absolute Gasteiger partial charge is 0.320 e. The van der Waals surface area contributed by atoms with Crippen LogP contribution < -0.4 is 4.90 Å². The van der Waals surface area contributed by atoms with E-state index in [9.17, 15) is 14.7 Å². The van der Waals surface area contributed by atoms with Crippen LogP contribution in [0.1, 0.15) is 89.3 Å². The molecule has 1 aromatic heterocycles. The van der Waals surface area contributed by atoms with Crippen LogP contribution in [-0.2, 0) is 27.4 Å². The summed E-state index contributed by atoms with van der Waals surface area (Å²) in [5, 5.41) is 12.1. The number of carbonyl (C=O) groups excluding carboxylic acids is 1. The van der Waals surface area contributed by atoms with Crippen molar-refractivity contribution in [3.05, 3.63) is 70.0 Å². The molecule has 8 heteroatoms. The van der Waals surface area contributed by atoms with Gasteiger partial charge in [-0.2, -0.15) is 0 Å². The molecule has 0 saturated carbocycles. The minimum atomic E-state index is -0.993. The minimum Gasteiger partial charge on any atom is -0.480 e. The highest BCUT2D eigenvalue weighted by molar-refractivity contribution is 7.09. The van der Waals surface area contributed by atoms with Gasteiger partial charge in [-0.3, -0.25) is 14.5 Å². The lowest BCUT2D eigenvalue weighted by atomic mass is 9.90. The largest absolute Gasteiger partial charge is 0.480 e. The van der Waals surface area contributed by atoms with Gasteiger partial charge >= 0.3 is 11.9 Å². The van der Waals surface area contributed by atoms with Crippen LogP contribution in [0.2, 0.25) is 0 Å². The minimum absolute atomic E-state index is 0.0875. The summed E-state index contributed by atoms with van der Waals surface area (Å²) in [5.41, 5.74) is 5.75. The van der Waals surface area contributed by atoms with E-state index >= 15 is 0 Å². The number of anilines is 1.